The summed E-state index contributed by atoms with van der Waals surface area (Å²) in [4.78, 5) is 18.1. The molecule has 0 aliphatic heterocycles. The first-order valence-corrected chi connectivity index (χ1v) is 8.52. The van der Waals surface area contributed by atoms with Crippen LogP contribution in [0.15, 0.2) is 41.0 Å². The molecule has 0 aliphatic carbocycles. The molecule has 2 atom stereocenters. The summed E-state index contributed by atoms with van der Waals surface area (Å²) >= 11 is 0. The second kappa shape index (κ2) is 6.18. The van der Waals surface area contributed by atoms with Crippen molar-refractivity contribution in [2.45, 2.75) is 19.1 Å². The molecule has 0 radical (unpaired) electrons. The lowest BCUT2D eigenvalue weighted by atomic mass is 10.2. The normalized spacial score (nSPS) is 14.9. The van der Waals surface area contributed by atoms with Crippen molar-refractivity contribution >= 4 is 21.2 Å². The summed E-state index contributed by atoms with van der Waals surface area (Å²) in [5.41, 5.74) is 1.58. The second-order valence-electron chi connectivity index (χ2n) is 4.96. The number of aromatic nitrogens is 2. The van der Waals surface area contributed by atoms with E-state index in [1.54, 1.807) is 12.5 Å². The maximum absolute atomic E-state index is 12.8. The molecule has 8 heteroatoms. The molecule has 0 aliphatic rings. The fourth-order valence-corrected chi connectivity index (χ4v) is 3.06. The van der Waals surface area contributed by atoms with Crippen LogP contribution in [0.2, 0.25) is 0 Å². The van der Waals surface area contributed by atoms with Gasteiger partial charge in [-0.2, -0.15) is 4.36 Å². The number of nitro groups is 1. The van der Waals surface area contributed by atoms with Gasteiger partial charge in [0.2, 0.25) is 0 Å². The molecule has 0 amide bonds. The van der Waals surface area contributed by atoms with Gasteiger partial charge in [-0.05, 0) is 31.5 Å². The van der Waals surface area contributed by atoms with Crippen LogP contribution in [0.3, 0.4) is 0 Å². The van der Waals surface area contributed by atoms with Gasteiger partial charge >= 0.3 is 0 Å². The van der Waals surface area contributed by atoms with Crippen molar-refractivity contribution in [1.82, 2.24) is 9.97 Å². The highest BCUT2D eigenvalue weighted by Gasteiger charge is 2.17. The van der Waals surface area contributed by atoms with Gasteiger partial charge in [0.25, 0.3) is 5.69 Å². The van der Waals surface area contributed by atoms with Gasteiger partial charge < -0.3 is 0 Å². The molecule has 0 fully saturated rings. The van der Waals surface area contributed by atoms with E-state index in [1.165, 1.54) is 12.1 Å². The Morgan fingerprint density at radius 3 is 2.45 bits per heavy atom. The number of nitrogens with zero attached hydrogens (tertiary/aromatic N) is 4. The minimum absolute atomic E-state index is 0.127. The van der Waals surface area contributed by atoms with Gasteiger partial charge in [0.05, 0.1) is 19.9 Å². The third-order valence-electron chi connectivity index (χ3n) is 3.28. The number of pyridine rings is 2. The zero-order valence-corrected chi connectivity index (χ0v) is 13.3. The summed E-state index contributed by atoms with van der Waals surface area (Å²) in [7, 11) is -2.61. The van der Waals surface area contributed by atoms with E-state index >= 15 is 0 Å². The number of aryl methyl sites for hydroxylation is 1. The molecule has 2 rings (SSSR count). The Morgan fingerprint density at radius 1 is 1.23 bits per heavy atom. The number of hydrogen-bond donors (Lipinski definition) is 0. The molecule has 0 aromatic carbocycles. The van der Waals surface area contributed by atoms with Crippen LogP contribution in [0.1, 0.15) is 23.4 Å². The van der Waals surface area contributed by atoms with Crippen molar-refractivity contribution in [1.29, 1.82) is 0 Å². The molecule has 2 unspecified atom stereocenters. The maximum atomic E-state index is 12.8. The van der Waals surface area contributed by atoms with Crippen molar-refractivity contribution < 1.29 is 9.13 Å². The zero-order valence-electron chi connectivity index (χ0n) is 12.5. The Balaban J connectivity index is 2.33. The van der Waals surface area contributed by atoms with E-state index in [0.29, 0.717) is 0 Å². The lowest BCUT2D eigenvalue weighted by Gasteiger charge is -2.13. The molecule has 22 heavy (non-hydrogen) atoms. The molecule has 116 valence electrons. The first-order chi connectivity index (χ1) is 10.3. The van der Waals surface area contributed by atoms with Crippen molar-refractivity contribution in [2.24, 2.45) is 4.36 Å². The third-order valence-corrected chi connectivity index (χ3v) is 5.41. The quantitative estimate of drug-likeness (QED) is 0.636. The Morgan fingerprint density at radius 2 is 1.95 bits per heavy atom. The summed E-state index contributed by atoms with van der Waals surface area (Å²) in [5, 5.41) is 10.3. The van der Waals surface area contributed by atoms with Crippen LogP contribution in [0, 0.1) is 17.0 Å². The Hall–Kier alpha value is -2.35. The summed E-state index contributed by atoms with van der Waals surface area (Å²) < 4.78 is 16.9. The number of rotatable bonds is 4. The predicted molar refractivity (Wildman–Crippen MR) is 84.4 cm³/mol. The minimum atomic E-state index is -2.61. The largest absolute Gasteiger partial charge is 0.287 e. The first kappa shape index (κ1) is 16.0. The monoisotopic (exact) mass is 320 g/mol. The van der Waals surface area contributed by atoms with E-state index in [4.69, 9.17) is 0 Å². The van der Waals surface area contributed by atoms with Crippen molar-refractivity contribution in [3.05, 3.63) is 58.0 Å². The second-order valence-corrected chi connectivity index (χ2v) is 7.57. The summed E-state index contributed by atoms with van der Waals surface area (Å²) in [5.74, 6) is 0.213. The molecule has 2 aromatic rings. The van der Waals surface area contributed by atoms with Gasteiger partial charge in [0.1, 0.15) is 6.20 Å². The van der Waals surface area contributed by atoms with Crippen molar-refractivity contribution in [3.8, 4) is 0 Å². The highest BCUT2D eigenvalue weighted by molar-refractivity contribution is 7.93. The minimum Gasteiger partial charge on any atom is -0.261 e. The standard InChI is InChI=1S/C14H16N4O3S/c1-10-4-5-12(8-15-10)11(2)22(3,21)17-14-7-6-13(9-16-14)18(19)20/h4-9,11H,1-3H3. The van der Waals surface area contributed by atoms with Gasteiger partial charge in [-0.25, -0.2) is 9.19 Å². The van der Waals surface area contributed by atoms with Crippen LogP contribution in [0.25, 0.3) is 0 Å². The summed E-state index contributed by atoms with van der Waals surface area (Å²) in [6.07, 6.45) is 4.33. The van der Waals surface area contributed by atoms with E-state index in [2.05, 4.69) is 14.3 Å². The van der Waals surface area contributed by atoms with Crippen LogP contribution in [0.4, 0.5) is 11.5 Å². The average molecular weight is 320 g/mol. The Bertz CT molecular complexity index is 794. The lowest BCUT2D eigenvalue weighted by molar-refractivity contribution is -0.385. The molecular formula is C14H16N4O3S. The molecule has 2 aromatic heterocycles. The van der Waals surface area contributed by atoms with Gasteiger partial charge in [0.15, 0.2) is 5.82 Å². The number of hydrogen-bond acceptors (Lipinski definition) is 6. The van der Waals surface area contributed by atoms with Crippen LogP contribution in [-0.2, 0) is 9.73 Å². The van der Waals surface area contributed by atoms with Crippen LogP contribution < -0.4 is 0 Å². The van der Waals surface area contributed by atoms with Crippen LogP contribution in [-0.4, -0.2) is 25.4 Å². The zero-order chi connectivity index (χ0) is 16.3. The van der Waals surface area contributed by atoms with E-state index < -0.39 is 14.7 Å². The molecule has 0 saturated heterocycles. The van der Waals surface area contributed by atoms with Gasteiger partial charge in [-0.3, -0.25) is 15.1 Å². The predicted octanol–water partition coefficient (Wildman–Crippen LogP) is 3.18. The van der Waals surface area contributed by atoms with Gasteiger partial charge in [0, 0.05) is 24.2 Å². The molecule has 0 bridgehead atoms. The lowest BCUT2D eigenvalue weighted by Crippen LogP contribution is -2.08. The SMILES string of the molecule is Cc1ccc(C(C)S(C)(=O)=Nc2ccc([N+](=O)[O-])cn2)cn1. The average Bonchev–Trinajstić information content (AvgIpc) is 2.47. The van der Waals surface area contributed by atoms with E-state index in [0.717, 1.165) is 17.5 Å². The topological polar surface area (TPSA) is 98.3 Å². The summed E-state index contributed by atoms with van der Waals surface area (Å²) in [6.45, 7) is 3.69. The highest BCUT2D eigenvalue weighted by atomic mass is 32.2. The van der Waals surface area contributed by atoms with E-state index in [-0.39, 0.29) is 16.8 Å². The van der Waals surface area contributed by atoms with Crippen molar-refractivity contribution in [3.63, 3.8) is 0 Å². The third kappa shape index (κ3) is 3.64. The maximum Gasteiger partial charge on any atom is 0.287 e. The molecule has 2 heterocycles. The van der Waals surface area contributed by atoms with Gasteiger partial charge in [-0.15, -0.1) is 0 Å². The molecule has 0 spiro atoms. The van der Waals surface area contributed by atoms with Crippen LogP contribution >= 0.6 is 0 Å². The van der Waals surface area contributed by atoms with Gasteiger partial charge in [-0.1, -0.05) is 6.07 Å². The summed E-state index contributed by atoms with van der Waals surface area (Å²) in [6, 6.07) is 6.40. The molecular weight excluding hydrogens is 304 g/mol. The fourth-order valence-electron chi connectivity index (χ4n) is 1.78. The Kier molecular flexibility index (Phi) is 4.51. The molecule has 0 N–H and O–H groups in total. The van der Waals surface area contributed by atoms with Crippen LogP contribution in [0.5, 0.6) is 0 Å². The first-order valence-electron chi connectivity index (χ1n) is 6.53. The Labute approximate surface area is 128 Å². The van der Waals surface area contributed by atoms with E-state index in [1.807, 2.05) is 26.0 Å². The fraction of sp³-hybridized carbons (Fsp3) is 0.286. The van der Waals surface area contributed by atoms with E-state index in [9.17, 15) is 14.3 Å². The van der Waals surface area contributed by atoms with Crippen molar-refractivity contribution in [2.75, 3.05) is 6.26 Å². The molecule has 0 saturated carbocycles. The smallest absolute Gasteiger partial charge is 0.261 e. The highest BCUT2D eigenvalue weighted by Crippen LogP contribution is 2.25. The molecule has 7 nitrogen and oxygen atoms in total.